The van der Waals surface area contributed by atoms with Crippen molar-refractivity contribution in [3.05, 3.63) is 51.3 Å². The Kier molecular flexibility index (Phi) is 6.35. The summed E-state index contributed by atoms with van der Waals surface area (Å²) in [6.07, 6.45) is -2.94. The number of hydrogen-bond acceptors (Lipinski definition) is 5. The predicted molar refractivity (Wildman–Crippen MR) is 118 cm³/mol. The molecule has 2 N–H and O–H groups in total. The van der Waals surface area contributed by atoms with Gasteiger partial charge >= 0.3 is 6.18 Å². The smallest absolute Gasteiger partial charge is 0.395 e. The molecule has 32 heavy (non-hydrogen) atoms. The lowest BCUT2D eigenvalue weighted by atomic mass is 9.95. The zero-order valence-corrected chi connectivity index (χ0v) is 19.1. The highest BCUT2D eigenvalue weighted by molar-refractivity contribution is 9.10. The van der Waals surface area contributed by atoms with Crippen LogP contribution in [0.25, 0.3) is 0 Å². The molecular weight excluding hydrogens is 489 g/mol. The van der Waals surface area contributed by atoms with Crippen LogP contribution in [-0.2, 0) is 24.1 Å². The molecule has 10 heteroatoms. The van der Waals surface area contributed by atoms with Gasteiger partial charge in [-0.05, 0) is 52.2 Å². The van der Waals surface area contributed by atoms with Crippen LogP contribution in [0.1, 0.15) is 28.8 Å². The monoisotopic (exact) mass is 512 g/mol. The van der Waals surface area contributed by atoms with Crippen molar-refractivity contribution in [3.8, 4) is 0 Å². The van der Waals surface area contributed by atoms with E-state index in [2.05, 4.69) is 26.2 Å². The number of nitrogens with zero attached hydrogens (tertiary/aromatic N) is 3. The lowest BCUT2D eigenvalue weighted by Gasteiger charge is -2.41. The number of aryl methyl sites for hydroxylation is 1. The van der Waals surface area contributed by atoms with Crippen molar-refractivity contribution in [1.82, 2.24) is 9.88 Å². The minimum atomic E-state index is -4.47. The normalized spacial score (nSPS) is 16.2. The number of carbonyl (C=O) groups is 1. The van der Waals surface area contributed by atoms with Crippen LogP contribution in [0.15, 0.2) is 28.9 Å². The molecule has 1 saturated heterocycles. The molecule has 0 spiro atoms. The Bertz CT molecular complexity index is 1020. The predicted octanol–water partition coefficient (Wildman–Crippen LogP) is 3.94. The molecule has 6 nitrogen and oxygen atoms in total. The fourth-order valence-corrected chi connectivity index (χ4v) is 5.04. The molecule has 0 unspecified atom stereocenters. The van der Waals surface area contributed by atoms with Crippen molar-refractivity contribution >= 4 is 33.2 Å². The summed E-state index contributed by atoms with van der Waals surface area (Å²) in [5.41, 5.74) is 3.76. The third-order valence-electron chi connectivity index (χ3n) is 6.01. The summed E-state index contributed by atoms with van der Waals surface area (Å²) in [6, 6.07) is 4.63. The summed E-state index contributed by atoms with van der Waals surface area (Å²) in [5.74, 6) is 0.147. The highest BCUT2D eigenvalue weighted by atomic mass is 79.9. The zero-order valence-electron chi connectivity index (χ0n) is 17.5. The largest absolute Gasteiger partial charge is 0.433 e. The first-order valence-corrected chi connectivity index (χ1v) is 11.2. The average Bonchev–Trinajstić information content (AvgIpc) is 3.15. The third-order valence-corrected chi connectivity index (χ3v) is 6.63. The van der Waals surface area contributed by atoms with E-state index in [-0.39, 0.29) is 18.4 Å². The Morgan fingerprint density at radius 1 is 1.28 bits per heavy atom. The van der Waals surface area contributed by atoms with Gasteiger partial charge in [0, 0.05) is 67.0 Å². The number of fused-ring (bicyclic) bond motifs is 1. The first kappa shape index (κ1) is 22.8. The number of nitrogens with one attached hydrogen (secondary N) is 1. The van der Waals surface area contributed by atoms with E-state index in [9.17, 15) is 18.0 Å². The van der Waals surface area contributed by atoms with Crippen molar-refractivity contribution in [2.24, 2.45) is 5.92 Å². The molecule has 0 atom stereocenters. The number of aromatic nitrogens is 1. The fraction of sp³-hybridized carbons (Fsp3) is 0.455. The van der Waals surface area contributed by atoms with Gasteiger partial charge in [-0.15, -0.1) is 0 Å². The van der Waals surface area contributed by atoms with Crippen molar-refractivity contribution in [2.45, 2.75) is 32.6 Å². The number of amides is 1. The van der Waals surface area contributed by atoms with E-state index in [1.165, 1.54) is 6.20 Å². The van der Waals surface area contributed by atoms with E-state index >= 15 is 0 Å². The number of hydrogen-bond donors (Lipinski definition) is 2. The standard InChI is InChI=1S/C22H24BrF3N4O2/c1-13-6-18(23)21(28-4-5-31)17-12-30(11-16(13)17)20(32)7-14-9-29(10-14)15-2-3-27-19(8-15)22(24,25)26/h2-3,6,8,14,28,31H,4-5,7,9-12H2,1H3. The van der Waals surface area contributed by atoms with Gasteiger partial charge in [-0.3, -0.25) is 9.78 Å². The minimum absolute atomic E-state index is 0.0118. The topological polar surface area (TPSA) is 68.7 Å². The average molecular weight is 513 g/mol. The summed E-state index contributed by atoms with van der Waals surface area (Å²) in [5, 5.41) is 12.4. The van der Waals surface area contributed by atoms with Crippen LogP contribution < -0.4 is 10.2 Å². The molecule has 2 aliphatic rings. The highest BCUT2D eigenvalue weighted by Crippen LogP contribution is 2.38. The zero-order chi connectivity index (χ0) is 23.0. The Hall–Kier alpha value is -2.33. The van der Waals surface area contributed by atoms with Gasteiger partial charge in [-0.1, -0.05) is 0 Å². The Morgan fingerprint density at radius 2 is 2.00 bits per heavy atom. The van der Waals surface area contributed by atoms with E-state index in [4.69, 9.17) is 5.11 Å². The van der Waals surface area contributed by atoms with Gasteiger partial charge in [0.1, 0.15) is 5.69 Å². The number of alkyl halides is 3. The minimum Gasteiger partial charge on any atom is -0.395 e. The number of pyridine rings is 1. The molecule has 3 heterocycles. The number of carbonyl (C=O) groups excluding carboxylic acids is 1. The van der Waals surface area contributed by atoms with E-state index in [1.54, 1.807) is 6.07 Å². The second-order valence-electron chi connectivity index (χ2n) is 8.28. The SMILES string of the molecule is Cc1cc(Br)c(NCCO)c2c1CN(C(=O)CC1CN(c3ccnc(C(F)(F)F)c3)C1)C2. The number of halogens is 4. The second-order valence-corrected chi connectivity index (χ2v) is 9.13. The Balaban J connectivity index is 1.36. The molecule has 172 valence electrons. The maximum Gasteiger partial charge on any atom is 0.433 e. The molecule has 2 aromatic rings. The van der Waals surface area contributed by atoms with E-state index in [0.717, 1.165) is 32.9 Å². The van der Waals surface area contributed by atoms with Crippen molar-refractivity contribution < 1.29 is 23.1 Å². The first-order valence-electron chi connectivity index (χ1n) is 10.4. The number of benzene rings is 1. The molecule has 4 rings (SSSR count). The van der Waals surface area contributed by atoms with Gasteiger partial charge < -0.3 is 20.2 Å². The molecule has 0 radical (unpaired) electrons. The van der Waals surface area contributed by atoms with Gasteiger partial charge in [0.05, 0.1) is 12.3 Å². The first-order chi connectivity index (χ1) is 15.2. The van der Waals surface area contributed by atoms with Crippen molar-refractivity contribution in [2.75, 3.05) is 36.5 Å². The van der Waals surface area contributed by atoms with E-state index in [1.807, 2.05) is 22.8 Å². The van der Waals surface area contributed by atoms with Gasteiger partial charge in [-0.2, -0.15) is 13.2 Å². The maximum atomic E-state index is 12.9. The summed E-state index contributed by atoms with van der Waals surface area (Å²) in [7, 11) is 0. The quantitative estimate of drug-likeness (QED) is 0.613. The molecule has 2 aliphatic heterocycles. The number of aliphatic hydroxyl groups is 1. The van der Waals surface area contributed by atoms with Crippen molar-refractivity contribution in [3.63, 3.8) is 0 Å². The van der Waals surface area contributed by atoms with Crippen LogP contribution in [-0.4, -0.2) is 47.1 Å². The Labute approximate surface area is 192 Å². The van der Waals surface area contributed by atoms with Crippen LogP contribution in [0.3, 0.4) is 0 Å². The van der Waals surface area contributed by atoms with E-state index < -0.39 is 11.9 Å². The van der Waals surface area contributed by atoms with Crippen molar-refractivity contribution in [1.29, 1.82) is 0 Å². The molecular formula is C22H24BrF3N4O2. The highest BCUT2D eigenvalue weighted by Gasteiger charge is 2.36. The maximum absolute atomic E-state index is 12.9. The van der Waals surface area contributed by atoms with Gasteiger partial charge in [-0.25, -0.2) is 0 Å². The molecule has 0 aliphatic carbocycles. The van der Waals surface area contributed by atoms with Crippen LogP contribution >= 0.6 is 15.9 Å². The van der Waals surface area contributed by atoms with Crippen LogP contribution in [0.4, 0.5) is 24.5 Å². The molecule has 1 fully saturated rings. The third kappa shape index (κ3) is 4.56. The molecule has 0 saturated carbocycles. The summed E-state index contributed by atoms with van der Waals surface area (Å²) < 4.78 is 39.6. The summed E-state index contributed by atoms with van der Waals surface area (Å²) >= 11 is 3.57. The molecule has 1 aromatic carbocycles. The van der Waals surface area contributed by atoms with E-state index in [0.29, 0.717) is 44.8 Å². The summed E-state index contributed by atoms with van der Waals surface area (Å²) in [4.78, 5) is 20.0. The van der Waals surface area contributed by atoms with Gasteiger partial charge in [0.25, 0.3) is 0 Å². The number of rotatable bonds is 6. The van der Waals surface area contributed by atoms with Gasteiger partial charge in [0.2, 0.25) is 5.91 Å². The number of anilines is 2. The van der Waals surface area contributed by atoms with Crippen LogP contribution in [0, 0.1) is 12.8 Å². The molecule has 1 amide bonds. The van der Waals surface area contributed by atoms with Crippen LogP contribution in [0.2, 0.25) is 0 Å². The van der Waals surface area contributed by atoms with Gasteiger partial charge in [0.15, 0.2) is 0 Å². The van der Waals surface area contributed by atoms with Crippen LogP contribution in [0.5, 0.6) is 0 Å². The number of aliphatic hydroxyl groups excluding tert-OH is 1. The fourth-order valence-electron chi connectivity index (χ4n) is 4.32. The molecule has 1 aromatic heterocycles. The summed E-state index contributed by atoms with van der Waals surface area (Å²) in [6.45, 7) is 4.57. The lowest BCUT2D eigenvalue weighted by Crippen LogP contribution is -2.48. The lowest BCUT2D eigenvalue weighted by molar-refractivity contribution is -0.141. The molecule has 0 bridgehead atoms. The Morgan fingerprint density at radius 3 is 2.69 bits per heavy atom. The second kappa shape index (κ2) is 8.90.